The van der Waals surface area contributed by atoms with E-state index >= 15 is 0 Å². The highest BCUT2D eigenvalue weighted by Crippen LogP contribution is 2.19. The highest BCUT2D eigenvalue weighted by atomic mass is 35.5. The summed E-state index contributed by atoms with van der Waals surface area (Å²) in [5, 5.41) is 3.51. The van der Waals surface area contributed by atoms with Gasteiger partial charge in [0.05, 0.1) is 13.5 Å². The molecular formula is C23H29ClN2O3. The largest absolute Gasteiger partial charge is 0.497 e. The van der Waals surface area contributed by atoms with E-state index in [1.165, 1.54) is 0 Å². The first-order valence-corrected chi connectivity index (χ1v) is 10.2. The molecule has 2 amide bonds. The summed E-state index contributed by atoms with van der Waals surface area (Å²) in [5.41, 5.74) is 1.72. The molecule has 2 aromatic carbocycles. The Hall–Kier alpha value is -2.53. The smallest absolute Gasteiger partial charge is 0.243 e. The zero-order valence-electron chi connectivity index (χ0n) is 17.4. The number of rotatable bonds is 9. The van der Waals surface area contributed by atoms with Crippen LogP contribution in [0.1, 0.15) is 38.3 Å². The summed E-state index contributed by atoms with van der Waals surface area (Å²) in [4.78, 5) is 27.7. The van der Waals surface area contributed by atoms with Crippen LogP contribution in [0.2, 0.25) is 5.02 Å². The Morgan fingerprint density at radius 2 is 1.79 bits per heavy atom. The van der Waals surface area contributed by atoms with E-state index < -0.39 is 6.04 Å². The normalized spacial score (nSPS) is 11.8. The van der Waals surface area contributed by atoms with Gasteiger partial charge in [0, 0.05) is 17.6 Å². The fourth-order valence-corrected chi connectivity index (χ4v) is 3.40. The molecule has 0 spiro atoms. The van der Waals surface area contributed by atoms with E-state index in [9.17, 15) is 9.59 Å². The monoisotopic (exact) mass is 416 g/mol. The van der Waals surface area contributed by atoms with Gasteiger partial charge in [0.1, 0.15) is 11.8 Å². The molecule has 2 aromatic rings. The average Bonchev–Trinajstić information content (AvgIpc) is 2.67. The molecule has 0 unspecified atom stereocenters. The van der Waals surface area contributed by atoms with Crippen molar-refractivity contribution in [2.24, 2.45) is 0 Å². The van der Waals surface area contributed by atoms with Crippen molar-refractivity contribution in [2.75, 3.05) is 7.11 Å². The van der Waals surface area contributed by atoms with Gasteiger partial charge in [-0.1, -0.05) is 42.8 Å². The van der Waals surface area contributed by atoms with Crippen LogP contribution in [0.3, 0.4) is 0 Å². The number of halogens is 1. The zero-order valence-corrected chi connectivity index (χ0v) is 18.2. The van der Waals surface area contributed by atoms with Crippen LogP contribution in [0, 0.1) is 0 Å². The number of hydrogen-bond acceptors (Lipinski definition) is 3. The van der Waals surface area contributed by atoms with Gasteiger partial charge in [0.15, 0.2) is 0 Å². The molecule has 0 bridgehead atoms. The van der Waals surface area contributed by atoms with E-state index in [2.05, 4.69) is 5.32 Å². The van der Waals surface area contributed by atoms with Gasteiger partial charge in [0.2, 0.25) is 11.8 Å². The van der Waals surface area contributed by atoms with Crippen molar-refractivity contribution in [1.82, 2.24) is 10.2 Å². The Morgan fingerprint density at radius 1 is 1.10 bits per heavy atom. The summed E-state index contributed by atoms with van der Waals surface area (Å²) in [6, 6.07) is 14.2. The van der Waals surface area contributed by atoms with E-state index in [4.69, 9.17) is 16.3 Å². The van der Waals surface area contributed by atoms with Crippen molar-refractivity contribution in [3.05, 3.63) is 64.7 Å². The second kappa shape index (κ2) is 10.9. The number of amides is 2. The number of methoxy groups -OCH3 is 1. The molecule has 0 aliphatic carbocycles. The number of nitrogens with one attached hydrogen (secondary N) is 1. The molecule has 5 nitrogen and oxygen atoms in total. The number of carbonyl (C=O) groups is 2. The van der Waals surface area contributed by atoms with Gasteiger partial charge in [0.25, 0.3) is 0 Å². The molecule has 1 atom stereocenters. The third-order valence-electron chi connectivity index (χ3n) is 4.55. The van der Waals surface area contributed by atoms with Gasteiger partial charge in [-0.3, -0.25) is 9.59 Å². The second-order valence-electron chi connectivity index (χ2n) is 7.27. The molecule has 0 radical (unpaired) electrons. The van der Waals surface area contributed by atoms with Crippen molar-refractivity contribution in [2.45, 2.75) is 52.2 Å². The summed E-state index contributed by atoms with van der Waals surface area (Å²) in [5.74, 6) is 0.440. The van der Waals surface area contributed by atoms with Crippen LogP contribution in [0.25, 0.3) is 0 Å². The quantitative estimate of drug-likeness (QED) is 0.665. The van der Waals surface area contributed by atoms with Crippen LogP contribution in [0.15, 0.2) is 48.5 Å². The maximum Gasteiger partial charge on any atom is 0.243 e. The molecule has 1 N–H and O–H groups in total. The fourth-order valence-electron chi connectivity index (χ4n) is 3.19. The Kier molecular flexibility index (Phi) is 8.52. The molecule has 0 heterocycles. The number of nitrogens with zero attached hydrogens (tertiary/aromatic N) is 1. The maximum absolute atomic E-state index is 13.2. The van der Waals surface area contributed by atoms with Gasteiger partial charge >= 0.3 is 0 Å². The van der Waals surface area contributed by atoms with Crippen LogP contribution in [0.4, 0.5) is 0 Å². The first-order chi connectivity index (χ1) is 13.8. The van der Waals surface area contributed by atoms with E-state index in [0.717, 1.165) is 11.1 Å². The SMILES string of the molecule is CC[C@@H](C(=O)NC(C)C)N(Cc1cccc(OC)c1)C(=O)Cc1cccc(Cl)c1. The molecule has 0 aromatic heterocycles. The average molecular weight is 417 g/mol. The Balaban J connectivity index is 2.31. The number of benzene rings is 2. The lowest BCUT2D eigenvalue weighted by atomic mass is 10.1. The van der Waals surface area contributed by atoms with Gasteiger partial charge in [-0.05, 0) is 55.7 Å². The van der Waals surface area contributed by atoms with Gasteiger partial charge < -0.3 is 15.0 Å². The van der Waals surface area contributed by atoms with Gasteiger partial charge in [-0.25, -0.2) is 0 Å². The summed E-state index contributed by atoms with van der Waals surface area (Å²) < 4.78 is 5.30. The summed E-state index contributed by atoms with van der Waals surface area (Å²) in [7, 11) is 1.60. The standard InChI is InChI=1S/C23H29ClN2O3/c1-5-21(23(28)25-16(2)3)26(15-18-9-7-11-20(13-18)29-4)22(27)14-17-8-6-10-19(24)12-17/h6-13,16,21H,5,14-15H2,1-4H3,(H,25,28)/t21-/m0/s1. The van der Waals surface area contributed by atoms with E-state index in [-0.39, 0.29) is 24.3 Å². The summed E-state index contributed by atoms with van der Waals surface area (Å²) >= 11 is 6.07. The third kappa shape index (κ3) is 6.79. The maximum atomic E-state index is 13.2. The lowest BCUT2D eigenvalue weighted by Gasteiger charge is -2.31. The van der Waals surface area contributed by atoms with Crippen molar-refractivity contribution >= 4 is 23.4 Å². The molecular weight excluding hydrogens is 388 g/mol. The number of carbonyl (C=O) groups excluding carboxylic acids is 2. The van der Waals surface area contributed by atoms with Gasteiger partial charge in [-0.2, -0.15) is 0 Å². The summed E-state index contributed by atoms with van der Waals surface area (Å²) in [6.07, 6.45) is 0.694. The molecule has 0 aliphatic rings. The van der Waals surface area contributed by atoms with Crippen LogP contribution < -0.4 is 10.1 Å². The van der Waals surface area contributed by atoms with Crippen molar-refractivity contribution in [3.8, 4) is 5.75 Å². The number of ether oxygens (including phenoxy) is 1. The first-order valence-electron chi connectivity index (χ1n) is 9.81. The predicted molar refractivity (Wildman–Crippen MR) is 116 cm³/mol. The van der Waals surface area contributed by atoms with Crippen LogP contribution in [-0.2, 0) is 22.6 Å². The molecule has 6 heteroatoms. The molecule has 0 fully saturated rings. The van der Waals surface area contributed by atoms with E-state index in [1.807, 2.05) is 57.2 Å². The van der Waals surface area contributed by atoms with Crippen LogP contribution >= 0.6 is 11.6 Å². The third-order valence-corrected chi connectivity index (χ3v) is 4.78. The fraction of sp³-hybridized carbons (Fsp3) is 0.391. The molecule has 0 saturated carbocycles. The molecule has 0 saturated heterocycles. The van der Waals surface area contributed by atoms with Gasteiger partial charge in [-0.15, -0.1) is 0 Å². The minimum Gasteiger partial charge on any atom is -0.497 e. The Bertz CT molecular complexity index is 838. The zero-order chi connectivity index (χ0) is 21.4. The highest BCUT2D eigenvalue weighted by Gasteiger charge is 2.29. The minimum absolute atomic E-state index is 0.00162. The van der Waals surface area contributed by atoms with Crippen LogP contribution in [-0.4, -0.2) is 35.9 Å². The molecule has 29 heavy (non-hydrogen) atoms. The van der Waals surface area contributed by atoms with Crippen molar-refractivity contribution in [1.29, 1.82) is 0 Å². The lowest BCUT2D eigenvalue weighted by molar-refractivity contribution is -0.141. The Morgan fingerprint density at radius 3 is 2.41 bits per heavy atom. The second-order valence-corrected chi connectivity index (χ2v) is 7.70. The van der Waals surface area contributed by atoms with E-state index in [1.54, 1.807) is 24.1 Å². The van der Waals surface area contributed by atoms with Crippen molar-refractivity contribution in [3.63, 3.8) is 0 Å². The summed E-state index contributed by atoms with van der Waals surface area (Å²) in [6.45, 7) is 6.05. The molecule has 0 aliphatic heterocycles. The van der Waals surface area contributed by atoms with E-state index in [0.29, 0.717) is 23.7 Å². The number of hydrogen-bond donors (Lipinski definition) is 1. The van der Waals surface area contributed by atoms with Crippen LogP contribution in [0.5, 0.6) is 5.75 Å². The molecule has 156 valence electrons. The minimum atomic E-state index is -0.560. The lowest BCUT2D eigenvalue weighted by Crippen LogP contribution is -2.50. The topological polar surface area (TPSA) is 58.6 Å². The first kappa shape index (κ1) is 22.8. The highest BCUT2D eigenvalue weighted by molar-refractivity contribution is 6.30. The molecule has 2 rings (SSSR count). The van der Waals surface area contributed by atoms with Crippen molar-refractivity contribution < 1.29 is 14.3 Å². The Labute approximate surface area is 178 Å². The predicted octanol–water partition coefficient (Wildman–Crippen LogP) is 4.22.